The van der Waals surface area contributed by atoms with Gasteiger partial charge in [0.05, 0.1) is 11.1 Å². The van der Waals surface area contributed by atoms with Crippen LogP contribution in [0.15, 0.2) is 27.8 Å². The molecule has 0 saturated heterocycles. The molecule has 0 aliphatic heterocycles. The number of carboxylic acids is 1. The Bertz CT molecular complexity index is 941. The number of hydrogen-bond donors (Lipinski definition) is 3. The van der Waals surface area contributed by atoms with Gasteiger partial charge < -0.3 is 5.11 Å². The Morgan fingerprint density at radius 1 is 1.11 bits per heavy atom. The molecular formula is C11H6N4O4. The lowest BCUT2D eigenvalue weighted by Crippen LogP contribution is -2.23. The number of para-hydroxylation sites is 1. The molecule has 3 rings (SSSR count). The topological polar surface area (TPSA) is 129 Å². The van der Waals surface area contributed by atoms with Crippen molar-refractivity contribution in [1.29, 1.82) is 0 Å². The number of nitrogens with zero attached hydrogens (tertiary/aromatic N) is 2. The summed E-state index contributed by atoms with van der Waals surface area (Å²) in [6.45, 7) is 0. The van der Waals surface area contributed by atoms with Crippen LogP contribution >= 0.6 is 0 Å². The number of benzene rings is 1. The highest BCUT2D eigenvalue weighted by Gasteiger charge is 2.13. The maximum absolute atomic E-state index is 11.6. The molecule has 2 heterocycles. The molecule has 94 valence electrons. The monoisotopic (exact) mass is 258 g/mol. The first-order chi connectivity index (χ1) is 9.06. The van der Waals surface area contributed by atoms with Gasteiger partial charge in [-0.3, -0.25) is 14.8 Å². The van der Waals surface area contributed by atoms with Crippen LogP contribution in [0.25, 0.3) is 22.2 Å². The van der Waals surface area contributed by atoms with Crippen LogP contribution in [-0.4, -0.2) is 31.0 Å². The summed E-state index contributed by atoms with van der Waals surface area (Å²) in [5.74, 6) is -1.17. The molecule has 1 aromatic carbocycles. The first-order valence-corrected chi connectivity index (χ1v) is 5.22. The number of nitrogens with one attached hydrogen (secondary N) is 2. The van der Waals surface area contributed by atoms with Gasteiger partial charge >= 0.3 is 11.7 Å². The molecule has 3 N–H and O–H groups in total. The minimum Gasteiger partial charge on any atom is -0.478 e. The van der Waals surface area contributed by atoms with Gasteiger partial charge in [-0.05, 0) is 12.1 Å². The van der Waals surface area contributed by atoms with E-state index < -0.39 is 17.2 Å². The third kappa shape index (κ3) is 1.66. The van der Waals surface area contributed by atoms with Crippen LogP contribution in [0.5, 0.6) is 0 Å². The summed E-state index contributed by atoms with van der Waals surface area (Å²) in [4.78, 5) is 46.2. The van der Waals surface area contributed by atoms with E-state index in [0.29, 0.717) is 0 Å². The van der Waals surface area contributed by atoms with E-state index in [9.17, 15) is 14.4 Å². The fourth-order valence-corrected chi connectivity index (χ4v) is 1.80. The average molecular weight is 258 g/mol. The third-order valence-electron chi connectivity index (χ3n) is 2.60. The lowest BCUT2D eigenvalue weighted by atomic mass is 10.2. The van der Waals surface area contributed by atoms with Gasteiger partial charge in [0.15, 0.2) is 11.2 Å². The molecule has 0 atom stereocenters. The van der Waals surface area contributed by atoms with E-state index in [-0.39, 0.29) is 27.8 Å². The van der Waals surface area contributed by atoms with Gasteiger partial charge in [-0.25, -0.2) is 19.6 Å². The number of carbonyl (C=O) groups is 1. The quantitative estimate of drug-likeness (QED) is 0.521. The lowest BCUT2D eigenvalue weighted by Gasteiger charge is -2.02. The molecule has 0 aliphatic carbocycles. The number of carboxylic acid groups (broad SMARTS) is 1. The van der Waals surface area contributed by atoms with Crippen molar-refractivity contribution in [2.45, 2.75) is 0 Å². The van der Waals surface area contributed by atoms with Gasteiger partial charge in [0, 0.05) is 0 Å². The SMILES string of the molecule is O=C(O)c1cccc2nc3[nH]c(=O)[nH]c(=O)c3nc12. The fraction of sp³-hybridized carbons (Fsp3) is 0. The van der Waals surface area contributed by atoms with Crippen molar-refractivity contribution in [1.82, 2.24) is 19.9 Å². The summed E-state index contributed by atoms with van der Waals surface area (Å²) in [5.41, 5.74) is -1.18. The van der Waals surface area contributed by atoms with E-state index in [1.54, 1.807) is 6.07 Å². The molecule has 2 aromatic heterocycles. The van der Waals surface area contributed by atoms with E-state index in [1.165, 1.54) is 12.1 Å². The zero-order chi connectivity index (χ0) is 13.6. The van der Waals surface area contributed by atoms with Crippen LogP contribution < -0.4 is 11.2 Å². The van der Waals surface area contributed by atoms with Gasteiger partial charge in [0.25, 0.3) is 5.56 Å². The number of aromatic nitrogens is 4. The molecule has 8 nitrogen and oxygen atoms in total. The summed E-state index contributed by atoms with van der Waals surface area (Å²) >= 11 is 0. The Kier molecular flexibility index (Phi) is 2.18. The Morgan fingerprint density at radius 3 is 2.63 bits per heavy atom. The lowest BCUT2D eigenvalue weighted by molar-refractivity contribution is 0.0699. The minimum atomic E-state index is -1.17. The van der Waals surface area contributed by atoms with E-state index in [2.05, 4.69) is 15.0 Å². The van der Waals surface area contributed by atoms with E-state index in [4.69, 9.17) is 5.11 Å². The van der Waals surface area contributed by atoms with Crippen molar-refractivity contribution in [2.75, 3.05) is 0 Å². The zero-order valence-electron chi connectivity index (χ0n) is 9.30. The largest absolute Gasteiger partial charge is 0.478 e. The highest BCUT2D eigenvalue weighted by molar-refractivity contribution is 6.02. The van der Waals surface area contributed by atoms with Crippen molar-refractivity contribution in [3.8, 4) is 0 Å². The van der Waals surface area contributed by atoms with Crippen LogP contribution in [-0.2, 0) is 0 Å². The van der Waals surface area contributed by atoms with Crippen LogP contribution in [0, 0.1) is 0 Å². The van der Waals surface area contributed by atoms with Crippen LogP contribution in [0.2, 0.25) is 0 Å². The summed E-state index contributed by atoms with van der Waals surface area (Å²) < 4.78 is 0. The van der Waals surface area contributed by atoms with Crippen molar-refractivity contribution in [3.63, 3.8) is 0 Å². The second kappa shape index (κ2) is 3.73. The normalized spacial score (nSPS) is 10.9. The molecular weight excluding hydrogens is 252 g/mol. The molecule has 0 unspecified atom stereocenters. The predicted octanol–water partition coefficient (Wildman–Crippen LogP) is -0.142. The molecule has 0 aliphatic rings. The molecule has 8 heteroatoms. The van der Waals surface area contributed by atoms with Crippen LogP contribution in [0.3, 0.4) is 0 Å². The van der Waals surface area contributed by atoms with E-state index in [0.717, 1.165) is 0 Å². The van der Waals surface area contributed by atoms with Gasteiger partial charge in [-0.15, -0.1) is 0 Å². The first-order valence-electron chi connectivity index (χ1n) is 5.22. The number of rotatable bonds is 1. The molecule has 0 fully saturated rings. The molecule has 0 spiro atoms. The molecule has 0 bridgehead atoms. The second-order valence-electron chi connectivity index (χ2n) is 3.81. The maximum Gasteiger partial charge on any atom is 0.337 e. The number of fused-ring (bicyclic) bond motifs is 2. The molecule has 19 heavy (non-hydrogen) atoms. The Labute approximate surface area is 103 Å². The number of hydrogen-bond acceptors (Lipinski definition) is 5. The van der Waals surface area contributed by atoms with Crippen LogP contribution in [0.4, 0.5) is 0 Å². The van der Waals surface area contributed by atoms with Gasteiger partial charge in [-0.2, -0.15) is 0 Å². The smallest absolute Gasteiger partial charge is 0.337 e. The first kappa shape index (κ1) is 11.1. The summed E-state index contributed by atoms with van der Waals surface area (Å²) in [6, 6.07) is 4.43. The highest BCUT2D eigenvalue weighted by Crippen LogP contribution is 2.16. The van der Waals surface area contributed by atoms with Crippen molar-refractivity contribution in [2.24, 2.45) is 0 Å². The Hall–Kier alpha value is -3.03. The Morgan fingerprint density at radius 2 is 1.89 bits per heavy atom. The Balaban J connectivity index is 2.56. The summed E-state index contributed by atoms with van der Waals surface area (Å²) in [5, 5.41) is 9.06. The molecule has 3 aromatic rings. The van der Waals surface area contributed by atoms with Crippen molar-refractivity contribution < 1.29 is 9.90 Å². The summed E-state index contributed by atoms with van der Waals surface area (Å²) in [6.07, 6.45) is 0. The number of H-pyrrole nitrogens is 2. The number of aromatic amines is 2. The van der Waals surface area contributed by atoms with Crippen LogP contribution in [0.1, 0.15) is 10.4 Å². The van der Waals surface area contributed by atoms with Crippen molar-refractivity contribution in [3.05, 3.63) is 44.6 Å². The van der Waals surface area contributed by atoms with Gasteiger partial charge in [0.1, 0.15) is 5.52 Å². The van der Waals surface area contributed by atoms with Gasteiger partial charge in [0.2, 0.25) is 0 Å². The average Bonchev–Trinajstić information content (AvgIpc) is 2.35. The molecule has 0 amide bonds. The fourth-order valence-electron chi connectivity index (χ4n) is 1.80. The van der Waals surface area contributed by atoms with E-state index >= 15 is 0 Å². The third-order valence-corrected chi connectivity index (χ3v) is 2.60. The second-order valence-corrected chi connectivity index (χ2v) is 3.81. The van der Waals surface area contributed by atoms with E-state index in [1.807, 2.05) is 4.98 Å². The number of aromatic carboxylic acids is 1. The van der Waals surface area contributed by atoms with Gasteiger partial charge in [-0.1, -0.05) is 6.07 Å². The maximum atomic E-state index is 11.6. The molecule has 0 saturated carbocycles. The minimum absolute atomic E-state index is 0.0174. The summed E-state index contributed by atoms with van der Waals surface area (Å²) in [7, 11) is 0. The highest BCUT2D eigenvalue weighted by atomic mass is 16.4. The predicted molar refractivity (Wildman–Crippen MR) is 65.2 cm³/mol. The molecule has 0 radical (unpaired) electrons. The van der Waals surface area contributed by atoms with Crippen molar-refractivity contribution >= 4 is 28.2 Å². The standard InChI is InChI=1S/C11H6N4O4/c16-9-7-8(14-11(19)15-9)12-5-3-1-2-4(10(17)18)6(5)13-7/h1-3H,(H,17,18)(H2,12,14,15,16,19). The zero-order valence-corrected chi connectivity index (χ0v) is 9.30.